The maximum absolute atomic E-state index is 14.5. The van der Waals surface area contributed by atoms with Gasteiger partial charge in [-0.1, -0.05) is 0 Å². The third-order valence-electron chi connectivity index (χ3n) is 4.97. The van der Waals surface area contributed by atoms with Gasteiger partial charge in [0.2, 0.25) is 5.82 Å². The van der Waals surface area contributed by atoms with E-state index in [9.17, 15) is 57.1 Å². The van der Waals surface area contributed by atoms with Crippen molar-refractivity contribution in [3.05, 3.63) is 92.3 Å². The number of fused-ring (bicyclic) bond motifs is 3. The molecule has 13 heteroatoms. The van der Waals surface area contributed by atoms with E-state index in [1.807, 2.05) is 0 Å². The molecule has 0 aliphatic heterocycles. The van der Waals surface area contributed by atoms with Crippen molar-refractivity contribution in [2.24, 2.45) is 0 Å². The molecule has 1 aliphatic rings. The molecule has 168 valence electrons. The summed E-state index contributed by atoms with van der Waals surface area (Å²) in [6.45, 7) is 0. The third kappa shape index (κ3) is 2.47. The standard InChI is InChI=1S/C19HF13/c20-7-2-1(6-11(24)17(30)19(32)18(31)12(6)25)3-5(4(2)9(22)15(28)13(7)26)10(23)16(29)14(27)8(3)21/h1H. The number of benzene rings is 3. The first-order chi connectivity index (χ1) is 14.8. The molecule has 0 aromatic heterocycles. The van der Waals surface area contributed by atoms with Crippen LogP contribution in [0.1, 0.15) is 22.6 Å². The molecule has 0 unspecified atom stereocenters. The smallest absolute Gasteiger partial charge is 0.200 e. The van der Waals surface area contributed by atoms with Crippen LogP contribution in [0.25, 0.3) is 11.1 Å². The Kier molecular flexibility index (Phi) is 4.72. The van der Waals surface area contributed by atoms with Crippen LogP contribution in [0, 0.1) is 75.6 Å². The zero-order valence-corrected chi connectivity index (χ0v) is 14.5. The van der Waals surface area contributed by atoms with Gasteiger partial charge >= 0.3 is 0 Å². The molecule has 1 aliphatic carbocycles. The Morgan fingerprint density at radius 1 is 0.250 bits per heavy atom. The minimum Gasteiger partial charge on any atom is -0.203 e. The molecule has 0 nitrogen and oxygen atoms in total. The lowest BCUT2D eigenvalue weighted by atomic mass is 9.87. The molecule has 0 N–H and O–H groups in total. The molecule has 32 heavy (non-hydrogen) atoms. The summed E-state index contributed by atoms with van der Waals surface area (Å²) < 4.78 is 182. The molecule has 3 aromatic carbocycles. The highest BCUT2D eigenvalue weighted by Gasteiger charge is 2.47. The summed E-state index contributed by atoms with van der Waals surface area (Å²) in [6, 6.07) is 0. The van der Waals surface area contributed by atoms with Crippen LogP contribution in [0.3, 0.4) is 0 Å². The van der Waals surface area contributed by atoms with Crippen molar-refractivity contribution in [2.75, 3.05) is 0 Å². The van der Waals surface area contributed by atoms with Crippen LogP contribution in [0.5, 0.6) is 0 Å². The normalized spacial score (nSPS) is 13.0. The SMILES string of the molecule is Fc1c(F)c(F)c(C2c3c(F)c(F)c(F)c(F)c3-c3c(F)c(F)c(F)c(F)c32)c(F)c1F. The number of halogens is 13. The molecule has 0 atom stereocenters. The summed E-state index contributed by atoms with van der Waals surface area (Å²) in [7, 11) is 0. The summed E-state index contributed by atoms with van der Waals surface area (Å²) in [4.78, 5) is 0. The molecule has 0 amide bonds. The Morgan fingerprint density at radius 3 is 0.781 bits per heavy atom. The molecule has 0 saturated carbocycles. The quantitative estimate of drug-likeness (QED) is 0.164. The van der Waals surface area contributed by atoms with Crippen molar-refractivity contribution in [3.8, 4) is 11.1 Å². The summed E-state index contributed by atoms with van der Waals surface area (Å²) >= 11 is 0. The van der Waals surface area contributed by atoms with Crippen LogP contribution >= 0.6 is 0 Å². The molecule has 0 saturated heterocycles. The first-order valence-electron chi connectivity index (χ1n) is 8.07. The first-order valence-corrected chi connectivity index (χ1v) is 8.07. The lowest BCUT2D eigenvalue weighted by molar-refractivity contribution is 0.366. The molecule has 3 aromatic rings. The summed E-state index contributed by atoms with van der Waals surface area (Å²) in [5, 5.41) is 0. The molecular weight excluding hydrogens is 475 g/mol. The van der Waals surface area contributed by atoms with Crippen molar-refractivity contribution in [1.29, 1.82) is 0 Å². The predicted molar refractivity (Wildman–Crippen MR) is 78.7 cm³/mol. The topological polar surface area (TPSA) is 0 Å². The van der Waals surface area contributed by atoms with Gasteiger partial charge in [0, 0.05) is 33.7 Å². The zero-order valence-electron chi connectivity index (χ0n) is 14.5. The average molecular weight is 476 g/mol. The maximum Gasteiger partial charge on any atom is 0.200 e. The van der Waals surface area contributed by atoms with Crippen molar-refractivity contribution < 1.29 is 57.1 Å². The van der Waals surface area contributed by atoms with Gasteiger partial charge in [-0.05, 0) is 0 Å². The largest absolute Gasteiger partial charge is 0.203 e. The van der Waals surface area contributed by atoms with Crippen LogP contribution in [0.2, 0.25) is 0 Å². The monoisotopic (exact) mass is 476 g/mol. The number of hydrogen-bond acceptors (Lipinski definition) is 0. The lowest BCUT2D eigenvalue weighted by Crippen LogP contribution is -2.15. The molecule has 0 heterocycles. The number of hydrogen-bond donors (Lipinski definition) is 0. The lowest BCUT2D eigenvalue weighted by Gasteiger charge is -2.18. The van der Waals surface area contributed by atoms with Gasteiger partial charge in [-0.3, -0.25) is 0 Å². The van der Waals surface area contributed by atoms with Crippen LogP contribution in [0.15, 0.2) is 0 Å². The first kappa shape index (κ1) is 22.0. The second-order valence-corrected chi connectivity index (χ2v) is 6.51. The van der Waals surface area contributed by atoms with E-state index in [-0.39, 0.29) is 0 Å². The Bertz CT molecular complexity index is 1260. The highest BCUT2D eigenvalue weighted by atomic mass is 19.2. The molecule has 0 bridgehead atoms. The fourth-order valence-corrected chi connectivity index (χ4v) is 3.64. The fourth-order valence-electron chi connectivity index (χ4n) is 3.64. The van der Waals surface area contributed by atoms with Crippen molar-refractivity contribution in [3.63, 3.8) is 0 Å². The van der Waals surface area contributed by atoms with E-state index in [2.05, 4.69) is 0 Å². The van der Waals surface area contributed by atoms with E-state index in [1.165, 1.54) is 0 Å². The molecule has 4 rings (SSSR count). The highest BCUT2D eigenvalue weighted by Crippen LogP contribution is 2.55. The second kappa shape index (κ2) is 6.87. The average Bonchev–Trinajstić information content (AvgIpc) is 3.12. The number of rotatable bonds is 1. The van der Waals surface area contributed by atoms with Gasteiger partial charge in [-0.2, -0.15) is 0 Å². The van der Waals surface area contributed by atoms with Crippen molar-refractivity contribution in [2.45, 2.75) is 5.92 Å². The fraction of sp³-hybridized carbons (Fsp3) is 0.0526. The van der Waals surface area contributed by atoms with Gasteiger partial charge in [0.05, 0.1) is 0 Å². The van der Waals surface area contributed by atoms with Gasteiger partial charge in [-0.25, -0.2) is 57.1 Å². The van der Waals surface area contributed by atoms with Crippen LogP contribution < -0.4 is 0 Å². The minimum absolute atomic E-state index is 1.83. The Balaban J connectivity index is 2.31. The Morgan fingerprint density at radius 2 is 0.469 bits per heavy atom. The molecule has 0 fully saturated rings. The third-order valence-corrected chi connectivity index (χ3v) is 4.97. The molecular formula is C19HF13. The second-order valence-electron chi connectivity index (χ2n) is 6.51. The van der Waals surface area contributed by atoms with E-state index in [0.29, 0.717) is 0 Å². The van der Waals surface area contributed by atoms with E-state index in [0.717, 1.165) is 0 Å². The van der Waals surface area contributed by atoms with Crippen molar-refractivity contribution >= 4 is 0 Å². The van der Waals surface area contributed by atoms with Crippen LogP contribution in [-0.4, -0.2) is 0 Å². The van der Waals surface area contributed by atoms with E-state index in [1.54, 1.807) is 0 Å². The van der Waals surface area contributed by atoms with Gasteiger partial charge < -0.3 is 0 Å². The van der Waals surface area contributed by atoms with E-state index in [4.69, 9.17) is 0 Å². The van der Waals surface area contributed by atoms with E-state index < -0.39 is 109 Å². The van der Waals surface area contributed by atoms with Gasteiger partial charge in [0.25, 0.3) is 0 Å². The van der Waals surface area contributed by atoms with E-state index >= 15 is 0 Å². The maximum atomic E-state index is 14.5. The van der Waals surface area contributed by atoms with Crippen LogP contribution in [0.4, 0.5) is 57.1 Å². The summed E-state index contributed by atoms with van der Waals surface area (Å²) in [6.07, 6.45) is 0. The summed E-state index contributed by atoms with van der Waals surface area (Å²) in [5.74, 6) is -37.6. The molecule has 0 radical (unpaired) electrons. The molecule has 0 spiro atoms. The van der Waals surface area contributed by atoms with Gasteiger partial charge in [-0.15, -0.1) is 0 Å². The Labute approximate surface area is 167 Å². The van der Waals surface area contributed by atoms with Crippen LogP contribution in [-0.2, 0) is 0 Å². The summed E-state index contributed by atoms with van der Waals surface area (Å²) in [5.41, 5.74) is -9.53. The minimum atomic E-state index is -3.13. The highest BCUT2D eigenvalue weighted by molar-refractivity contribution is 5.82. The zero-order chi connectivity index (χ0) is 24.0. The van der Waals surface area contributed by atoms with Gasteiger partial charge in [0.15, 0.2) is 69.8 Å². The Hall–Kier alpha value is -3.25. The predicted octanol–water partition coefficient (Wildman–Crippen LogP) is 6.66. The van der Waals surface area contributed by atoms with Gasteiger partial charge in [0.1, 0.15) is 0 Å². The van der Waals surface area contributed by atoms with Crippen molar-refractivity contribution in [1.82, 2.24) is 0 Å².